The summed E-state index contributed by atoms with van der Waals surface area (Å²) >= 11 is 0. The predicted molar refractivity (Wildman–Crippen MR) is 92.1 cm³/mol. The van der Waals surface area contributed by atoms with E-state index in [0.29, 0.717) is 12.1 Å². The van der Waals surface area contributed by atoms with E-state index in [4.69, 9.17) is 9.47 Å². The van der Waals surface area contributed by atoms with Gasteiger partial charge in [0, 0.05) is 12.1 Å². The molecular weight excluding hydrogens is 334 g/mol. The molecule has 2 saturated heterocycles. The third-order valence-corrected chi connectivity index (χ3v) is 4.81. The smallest absolute Gasteiger partial charge is 0.336 e. The molecule has 4 rings (SSSR count). The van der Waals surface area contributed by atoms with Crippen LogP contribution >= 0.6 is 0 Å². The van der Waals surface area contributed by atoms with Crippen LogP contribution < -0.4 is 0 Å². The minimum atomic E-state index is -1.32. The van der Waals surface area contributed by atoms with Crippen molar-refractivity contribution < 1.29 is 24.2 Å². The highest BCUT2D eigenvalue weighted by Gasteiger charge is 2.60. The Balaban J connectivity index is 1.70. The maximum Gasteiger partial charge on any atom is 0.336 e. The second-order valence-corrected chi connectivity index (χ2v) is 6.71. The summed E-state index contributed by atoms with van der Waals surface area (Å²) in [6.45, 7) is 2.49. The van der Waals surface area contributed by atoms with E-state index < -0.39 is 24.0 Å². The molecule has 26 heavy (non-hydrogen) atoms. The molecular formula is C20H19NO5. The maximum atomic E-state index is 12.8. The summed E-state index contributed by atoms with van der Waals surface area (Å²) in [7, 11) is 0. The first-order valence-corrected chi connectivity index (χ1v) is 8.47. The molecule has 6 nitrogen and oxygen atoms in total. The fourth-order valence-corrected chi connectivity index (χ4v) is 3.48. The van der Waals surface area contributed by atoms with Gasteiger partial charge in [-0.25, -0.2) is 4.79 Å². The minimum absolute atomic E-state index is 0.143. The number of fused-ring (bicyclic) bond motifs is 2. The first-order chi connectivity index (χ1) is 12.5. The molecule has 0 aromatic heterocycles. The van der Waals surface area contributed by atoms with Crippen LogP contribution in [-0.2, 0) is 31.4 Å². The molecule has 2 aliphatic heterocycles. The molecule has 6 heteroatoms. The van der Waals surface area contributed by atoms with Crippen molar-refractivity contribution >= 4 is 11.9 Å². The van der Waals surface area contributed by atoms with Gasteiger partial charge in [-0.2, -0.15) is 0 Å². The third-order valence-electron chi connectivity index (χ3n) is 4.81. The quantitative estimate of drug-likeness (QED) is 0.911. The number of aryl methyl sites for hydroxylation is 1. The van der Waals surface area contributed by atoms with E-state index in [2.05, 4.69) is 0 Å². The van der Waals surface area contributed by atoms with E-state index in [-0.39, 0.29) is 12.5 Å². The lowest BCUT2D eigenvalue weighted by Crippen LogP contribution is -2.53. The van der Waals surface area contributed by atoms with Gasteiger partial charge in [-0.15, -0.1) is 0 Å². The molecule has 0 saturated carbocycles. The van der Waals surface area contributed by atoms with Crippen molar-refractivity contribution in [3.05, 3.63) is 71.3 Å². The Morgan fingerprint density at radius 1 is 1.15 bits per heavy atom. The van der Waals surface area contributed by atoms with Gasteiger partial charge in [0.15, 0.2) is 12.2 Å². The number of aliphatic carboxylic acids is 1. The molecule has 3 unspecified atom stereocenters. The second-order valence-electron chi connectivity index (χ2n) is 6.71. The van der Waals surface area contributed by atoms with E-state index in [0.717, 1.165) is 11.1 Å². The molecule has 1 N–H and O–H groups in total. The van der Waals surface area contributed by atoms with Crippen LogP contribution in [0.5, 0.6) is 0 Å². The first kappa shape index (κ1) is 16.8. The maximum absolute atomic E-state index is 12.8. The topological polar surface area (TPSA) is 76.1 Å². The van der Waals surface area contributed by atoms with E-state index in [1.165, 1.54) is 0 Å². The molecule has 2 fully saturated rings. The van der Waals surface area contributed by atoms with Gasteiger partial charge in [-0.05, 0) is 12.5 Å². The summed E-state index contributed by atoms with van der Waals surface area (Å²) in [6.07, 6.45) is -2.46. The van der Waals surface area contributed by atoms with Crippen LogP contribution in [0.25, 0.3) is 0 Å². The Kier molecular flexibility index (Phi) is 4.01. The van der Waals surface area contributed by atoms with Crippen LogP contribution in [0.15, 0.2) is 54.6 Å². The van der Waals surface area contributed by atoms with Gasteiger partial charge >= 0.3 is 5.97 Å². The van der Waals surface area contributed by atoms with E-state index >= 15 is 0 Å². The molecule has 134 valence electrons. The number of ether oxygens (including phenoxy) is 2. The van der Waals surface area contributed by atoms with E-state index in [1.54, 1.807) is 4.90 Å². The number of carboxylic acids is 1. The number of benzene rings is 2. The Labute approximate surface area is 151 Å². The molecule has 2 aromatic rings. The van der Waals surface area contributed by atoms with Crippen LogP contribution in [0.1, 0.15) is 16.7 Å². The van der Waals surface area contributed by atoms with Gasteiger partial charge in [0.25, 0.3) is 5.91 Å². The fourth-order valence-electron chi connectivity index (χ4n) is 3.48. The second kappa shape index (κ2) is 6.23. The summed E-state index contributed by atoms with van der Waals surface area (Å²) in [4.78, 5) is 26.0. The molecule has 0 aliphatic carbocycles. The number of amides is 1. The normalized spacial score (nSPS) is 27.6. The summed E-state index contributed by atoms with van der Waals surface area (Å²) in [5, 5.41) is 9.48. The Bertz CT molecular complexity index is 835. The zero-order valence-electron chi connectivity index (χ0n) is 14.3. The van der Waals surface area contributed by atoms with Gasteiger partial charge < -0.3 is 19.5 Å². The molecule has 2 bridgehead atoms. The molecule has 0 radical (unpaired) electrons. The highest BCUT2D eigenvalue weighted by molar-refractivity contribution is 5.89. The van der Waals surface area contributed by atoms with Crippen molar-refractivity contribution in [1.82, 2.24) is 4.90 Å². The number of carbonyl (C=O) groups is 2. The zero-order valence-corrected chi connectivity index (χ0v) is 14.3. The number of hydrogen-bond donors (Lipinski definition) is 1. The van der Waals surface area contributed by atoms with Crippen LogP contribution in [-0.4, -0.2) is 40.6 Å². The predicted octanol–water partition coefficient (Wildman–Crippen LogP) is 2.06. The molecule has 3 atom stereocenters. The molecule has 0 spiro atoms. The highest BCUT2D eigenvalue weighted by Crippen LogP contribution is 2.43. The average Bonchev–Trinajstić information content (AvgIpc) is 2.98. The van der Waals surface area contributed by atoms with E-state index in [9.17, 15) is 14.7 Å². The molecule has 1 amide bonds. The fraction of sp³-hybridized carbons (Fsp3) is 0.300. The summed E-state index contributed by atoms with van der Waals surface area (Å²) in [6, 6.07) is 17.1. The van der Waals surface area contributed by atoms with Crippen molar-refractivity contribution in [3.63, 3.8) is 0 Å². The van der Waals surface area contributed by atoms with Crippen molar-refractivity contribution in [3.8, 4) is 0 Å². The van der Waals surface area contributed by atoms with Crippen molar-refractivity contribution in [2.75, 3.05) is 6.54 Å². The van der Waals surface area contributed by atoms with Crippen LogP contribution in [0.2, 0.25) is 0 Å². The van der Waals surface area contributed by atoms with Crippen LogP contribution in [0.4, 0.5) is 0 Å². The van der Waals surface area contributed by atoms with Gasteiger partial charge in [0.2, 0.25) is 5.79 Å². The number of rotatable bonds is 4. The van der Waals surface area contributed by atoms with E-state index in [1.807, 2.05) is 61.5 Å². The number of morpholine rings is 1. The molecule has 2 aliphatic rings. The number of nitrogens with zero attached hydrogens (tertiary/aromatic N) is 1. The van der Waals surface area contributed by atoms with Gasteiger partial charge in [-0.1, -0.05) is 60.2 Å². The SMILES string of the molecule is Cc1ccc(C23CN(Cc4ccccc4)C(=O)C(O2)C(C(=O)O)O3)cc1. The van der Waals surface area contributed by atoms with Crippen molar-refractivity contribution in [1.29, 1.82) is 0 Å². The summed E-state index contributed by atoms with van der Waals surface area (Å²) < 4.78 is 11.7. The standard InChI is InChI=1S/C20H19NO5/c1-13-7-9-15(10-8-13)20-12-21(11-14-5-3-2-4-6-14)18(22)16(25-20)17(26-20)19(23)24/h2-10,16-17H,11-12H2,1H3,(H,23,24). The molecule has 2 heterocycles. The minimum Gasteiger partial charge on any atom is -0.479 e. The Morgan fingerprint density at radius 2 is 1.85 bits per heavy atom. The lowest BCUT2D eigenvalue weighted by atomic mass is 10.0. The van der Waals surface area contributed by atoms with Gasteiger partial charge in [-0.3, -0.25) is 4.79 Å². The van der Waals surface area contributed by atoms with Crippen LogP contribution in [0, 0.1) is 6.92 Å². The lowest BCUT2D eigenvalue weighted by Gasteiger charge is -2.38. The average molecular weight is 353 g/mol. The van der Waals surface area contributed by atoms with Crippen molar-refractivity contribution in [2.24, 2.45) is 0 Å². The van der Waals surface area contributed by atoms with Gasteiger partial charge in [0.1, 0.15) is 0 Å². The highest BCUT2D eigenvalue weighted by atomic mass is 16.8. The number of carbonyl (C=O) groups excluding carboxylic acids is 1. The largest absolute Gasteiger partial charge is 0.479 e. The monoisotopic (exact) mass is 353 g/mol. The summed E-state index contributed by atoms with van der Waals surface area (Å²) in [5.41, 5.74) is 2.75. The Morgan fingerprint density at radius 3 is 2.50 bits per heavy atom. The van der Waals surface area contributed by atoms with Gasteiger partial charge in [0.05, 0.1) is 6.54 Å². The molecule has 2 aromatic carbocycles. The van der Waals surface area contributed by atoms with Crippen molar-refractivity contribution in [2.45, 2.75) is 31.5 Å². The number of hydrogen-bond acceptors (Lipinski definition) is 4. The lowest BCUT2D eigenvalue weighted by molar-refractivity contribution is -0.219. The summed E-state index contributed by atoms with van der Waals surface area (Å²) in [5.74, 6) is -2.82. The van der Waals surface area contributed by atoms with Crippen LogP contribution in [0.3, 0.4) is 0 Å². The first-order valence-electron chi connectivity index (χ1n) is 8.47. The Hall–Kier alpha value is -2.70. The number of carboxylic acid groups (broad SMARTS) is 1. The third kappa shape index (κ3) is 2.77. The zero-order chi connectivity index (χ0) is 18.3.